The van der Waals surface area contributed by atoms with Crippen LogP contribution in [0.25, 0.3) is 0 Å². The topological polar surface area (TPSA) is 67.9 Å². The van der Waals surface area contributed by atoms with Crippen LogP contribution in [0, 0.1) is 11.3 Å². The van der Waals surface area contributed by atoms with Gasteiger partial charge >= 0.3 is 6.09 Å². The summed E-state index contributed by atoms with van der Waals surface area (Å²) in [6, 6.07) is 7.58. The first-order valence-electron chi connectivity index (χ1n) is 11.1. The van der Waals surface area contributed by atoms with E-state index < -0.39 is 11.7 Å². The molecule has 186 valence electrons. The van der Waals surface area contributed by atoms with Crippen LogP contribution in [0.15, 0.2) is 41.1 Å². The number of nitrogens with zero attached hydrogens (tertiary/aromatic N) is 1. The van der Waals surface area contributed by atoms with Crippen molar-refractivity contribution in [2.75, 3.05) is 32.5 Å². The molecule has 0 unspecified atom stereocenters. The third-order valence-corrected chi connectivity index (χ3v) is 5.96. The molecule has 0 aliphatic heterocycles. The minimum absolute atomic E-state index is 0.00217. The van der Waals surface area contributed by atoms with Crippen LogP contribution in [0.4, 0.5) is 9.18 Å². The van der Waals surface area contributed by atoms with E-state index in [0.29, 0.717) is 24.2 Å². The van der Waals surface area contributed by atoms with Gasteiger partial charge in [0.2, 0.25) is 5.91 Å². The number of halogens is 1. The molecular formula is C25H39FN2O4S. The van der Waals surface area contributed by atoms with Gasteiger partial charge in [-0.2, -0.15) is 0 Å². The summed E-state index contributed by atoms with van der Waals surface area (Å²) < 4.78 is 23.9. The first-order valence-corrected chi connectivity index (χ1v) is 12.1. The van der Waals surface area contributed by atoms with E-state index in [0.717, 1.165) is 10.6 Å². The number of thioether (sulfide) groups is 1. The highest BCUT2D eigenvalue weighted by Gasteiger charge is 2.24. The van der Waals surface area contributed by atoms with Gasteiger partial charge in [0.05, 0.1) is 6.33 Å². The molecule has 0 aliphatic rings. The maximum atomic E-state index is 13.1. The van der Waals surface area contributed by atoms with Gasteiger partial charge < -0.3 is 19.7 Å². The van der Waals surface area contributed by atoms with Crippen molar-refractivity contribution in [2.45, 2.75) is 59.0 Å². The zero-order chi connectivity index (χ0) is 25.2. The van der Waals surface area contributed by atoms with Crippen molar-refractivity contribution in [3.05, 3.63) is 36.2 Å². The molecule has 0 saturated heterocycles. The predicted molar refractivity (Wildman–Crippen MR) is 132 cm³/mol. The molecule has 0 bridgehead atoms. The Morgan fingerprint density at radius 1 is 1.15 bits per heavy atom. The Balaban J connectivity index is 2.49. The average Bonchev–Trinajstić information content (AvgIpc) is 2.71. The van der Waals surface area contributed by atoms with E-state index in [4.69, 9.17) is 9.47 Å². The standard InChI is InChI=1S/C25H39FN2O4S/c1-18(2)22(29)28(8)16-25(6,7)17-33-21-11-9-20(10-12-21)31-15-19(13-26)14-27-23(30)32-24(3,4)5/h9-13,18H,14-17H2,1-8H3,(H,27,30)/b19-13+. The number of amides is 2. The van der Waals surface area contributed by atoms with Crippen molar-refractivity contribution < 1.29 is 23.5 Å². The van der Waals surface area contributed by atoms with E-state index in [-0.39, 0.29) is 30.4 Å². The first kappa shape index (κ1) is 28.8. The quantitative estimate of drug-likeness (QED) is 0.411. The van der Waals surface area contributed by atoms with Crippen LogP contribution >= 0.6 is 11.8 Å². The first-order chi connectivity index (χ1) is 15.2. The van der Waals surface area contributed by atoms with Crippen LogP contribution in [-0.2, 0) is 9.53 Å². The molecule has 0 atom stereocenters. The summed E-state index contributed by atoms with van der Waals surface area (Å²) in [5.41, 5.74) is -0.362. The van der Waals surface area contributed by atoms with Gasteiger partial charge in [-0.05, 0) is 50.5 Å². The summed E-state index contributed by atoms with van der Waals surface area (Å²) in [6.07, 6.45) is -0.170. The minimum Gasteiger partial charge on any atom is -0.489 e. The summed E-state index contributed by atoms with van der Waals surface area (Å²) in [5.74, 6) is 1.61. The van der Waals surface area contributed by atoms with E-state index in [1.54, 1.807) is 37.4 Å². The van der Waals surface area contributed by atoms with Crippen LogP contribution in [0.5, 0.6) is 5.75 Å². The molecule has 1 N–H and O–H groups in total. The molecule has 6 nitrogen and oxygen atoms in total. The molecule has 1 rings (SSSR count). The molecule has 2 amide bonds. The van der Waals surface area contributed by atoms with Crippen molar-refractivity contribution in [3.8, 4) is 5.75 Å². The lowest BCUT2D eigenvalue weighted by Crippen LogP contribution is -2.39. The van der Waals surface area contributed by atoms with Gasteiger partial charge in [0.25, 0.3) is 0 Å². The molecular weight excluding hydrogens is 443 g/mol. The van der Waals surface area contributed by atoms with E-state index in [9.17, 15) is 14.0 Å². The number of benzene rings is 1. The number of hydrogen-bond donors (Lipinski definition) is 1. The molecule has 0 aromatic heterocycles. The largest absolute Gasteiger partial charge is 0.489 e. The molecule has 0 radical (unpaired) electrons. The average molecular weight is 483 g/mol. The Kier molecular flexibility index (Phi) is 11.2. The SMILES string of the molecule is CC(C)C(=O)N(C)CC(C)(C)CSc1ccc(OC/C(=C/F)CNC(=O)OC(C)(C)C)cc1. The normalized spacial score (nSPS) is 12.5. The lowest BCUT2D eigenvalue weighted by Gasteiger charge is -2.31. The van der Waals surface area contributed by atoms with Crippen molar-refractivity contribution in [1.82, 2.24) is 10.2 Å². The third-order valence-electron chi connectivity index (χ3n) is 4.43. The van der Waals surface area contributed by atoms with Crippen LogP contribution < -0.4 is 10.1 Å². The number of rotatable bonds is 11. The molecule has 1 aromatic rings. The van der Waals surface area contributed by atoms with Crippen molar-refractivity contribution in [1.29, 1.82) is 0 Å². The molecule has 0 fully saturated rings. The van der Waals surface area contributed by atoms with Crippen LogP contribution in [0.3, 0.4) is 0 Å². The van der Waals surface area contributed by atoms with E-state index in [1.807, 2.05) is 45.2 Å². The fourth-order valence-electron chi connectivity index (χ4n) is 2.91. The Labute approximate surface area is 202 Å². The third kappa shape index (κ3) is 12.0. The minimum atomic E-state index is -0.615. The maximum Gasteiger partial charge on any atom is 0.407 e. The number of ether oxygens (including phenoxy) is 2. The molecule has 8 heteroatoms. The number of carbonyl (C=O) groups excluding carboxylic acids is 2. The Bertz CT molecular complexity index is 802. The van der Waals surface area contributed by atoms with E-state index >= 15 is 0 Å². The number of nitrogens with one attached hydrogen (secondary N) is 1. The van der Waals surface area contributed by atoms with Gasteiger partial charge in [-0.1, -0.05) is 27.7 Å². The second-order valence-electron chi connectivity index (χ2n) is 10.2. The summed E-state index contributed by atoms with van der Waals surface area (Å²) in [7, 11) is 1.85. The summed E-state index contributed by atoms with van der Waals surface area (Å²) in [4.78, 5) is 26.7. The highest BCUT2D eigenvalue weighted by molar-refractivity contribution is 7.99. The van der Waals surface area contributed by atoms with Gasteiger partial charge in [-0.3, -0.25) is 4.79 Å². The zero-order valence-corrected chi connectivity index (χ0v) is 22.0. The Morgan fingerprint density at radius 2 is 1.76 bits per heavy atom. The highest BCUT2D eigenvalue weighted by Crippen LogP contribution is 2.29. The number of alkyl carbamates (subject to hydrolysis) is 1. The van der Waals surface area contributed by atoms with Crippen LogP contribution in [0.2, 0.25) is 0 Å². The molecule has 0 heterocycles. The van der Waals surface area contributed by atoms with Crippen LogP contribution in [-0.4, -0.2) is 55.0 Å². The summed E-state index contributed by atoms with van der Waals surface area (Å²) in [5, 5.41) is 2.52. The highest BCUT2D eigenvalue weighted by atomic mass is 32.2. The van der Waals surface area contributed by atoms with Gasteiger partial charge in [0.15, 0.2) is 0 Å². The summed E-state index contributed by atoms with van der Waals surface area (Å²) in [6.45, 7) is 14.1. The van der Waals surface area contributed by atoms with Crippen molar-refractivity contribution >= 4 is 23.8 Å². The fraction of sp³-hybridized carbons (Fsp3) is 0.600. The lowest BCUT2D eigenvalue weighted by atomic mass is 9.95. The lowest BCUT2D eigenvalue weighted by molar-refractivity contribution is -0.134. The van der Waals surface area contributed by atoms with Crippen molar-refractivity contribution in [3.63, 3.8) is 0 Å². The van der Waals surface area contributed by atoms with Gasteiger partial charge in [-0.15, -0.1) is 11.8 Å². The van der Waals surface area contributed by atoms with Gasteiger partial charge in [0, 0.05) is 42.3 Å². The maximum absolute atomic E-state index is 13.1. The molecule has 0 spiro atoms. The Morgan fingerprint density at radius 3 is 2.27 bits per heavy atom. The zero-order valence-electron chi connectivity index (χ0n) is 21.2. The molecule has 0 aliphatic carbocycles. The van der Waals surface area contributed by atoms with Crippen molar-refractivity contribution in [2.24, 2.45) is 11.3 Å². The van der Waals surface area contributed by atoms with E-state index in [2.05, 4.69) is 19.2 Å². The summed E-state index contributed by atoms with van der Waals surface area (Å²) >= 11 is 1.72. The van der Waals surface area contributed by atoms with Gasteiger partial charge in [-0.25, -0.2) is 9.18 Å². The second-order valence-corrected chi connectivity index (χ2v) is 11.2. The predicted octanol–water partition coefficient (Wildman–Crippen LogP) is 5.68. The number of carbonyl (C=O) groups is 2. The number of hydrogen-bond acceptors (Lipinski definition) is 5. The van der Waals surface area contributed by atoms with E-state index in [1.165, 1.54) is 0 Å². The molecule has 0 saturated carbocycles. The van der Waals surface area contributed by atoms with Gasteiger partial charge in [0.1, 0.15) is 18.0 Å². The smallest absolute Gasteiger partial charge is 0.407 e. The molecule has 1 aromatic carbocycles. The fourth-order valence-corrected chi connectivity index (χ4v) is 3.89. The second kappa shape index (κ2) is 12.9. The monoisotopic (exact) mass is 482 g/mol. The Hall–Kier alpha value is -2.22. The molecule has 33 heavy (non-hydrogen) atoms. The van der Waals surface area contributed by atoms with Crippen LogP contribution in [0.1, 0.15) is 48.5 Å².